The number of hydrogen-bond donors (Lipinski definition) is 0. The Bertz CT molecular complexity index is 588. The second-order valence-corrected chi connectivity index (χ2v) is 4.13. The summed E-state index contributed by atoms with van der Waals surface area (Å²) in [4.78, 5) is 14.6. The Morgan fingerprint density at radius 3 is 2.68 bits per heavy atom. The molecule has 0 saturated carbocycles. The van der Waals surface area contributed by atoms with Crippen LogP contribution in [0.5, 0.6) is 0 Å². The Labute approximate surface area is 111 Å². The molecule has 2 rings (SSSR count). The molecule has 0 radical (unpaired) electrons. The summed E-state index contributed by atoms with van der Waals surface area (Å²) in [7, 11) is 0. The molecule has 0 unspecified atom stereocenters. The molecule has 0 aliphatic carbocycles. The molecule has 0 spiro atoms. The van der Waals surface area contributed by atoms with Crippen LogP contribution in [0.15, 0.2) is 36.5 Å². The minimum Gasteiger partial charge on any atom is -0.358 e. The Morgan fingerprint density at radius 2 is 2.05 bits per heavy atom. The summed E-state index contributed by atoms with van der Waals surface area (Å²) >= 11 is 0. The summed E-state index contributed by atoms with van der Waals surface area (Å²) < 4.78 is 1.62. The lowest BCUT2D eigenvalue weighted by Crippen LogP contribution is -2.04. The van der Waals surface area contributed by atoms with Crippen LogP contribution in [0.3, 0.4) is 0 Å². The first-order valence-corrected chi connectivity index (χ1v) is 6.15. The van der Waals surface area contributed by atoms with Crippen LogP contribution < -0.4 is 0 Å². The van der Waals surface area contributed by atoms with Crippen molar-refractivity contribution in [1.29, 1.82) is 0 Å². The zero-order valence-corrected chi connectivity index (χ0v) is 10.7. The summed E-state index contributed by atoms with van der Waals surface area (Å²) in [5.41, 5.74) is 1.04. The van der Waals surface area contributed by atoms with Crippen LogP contribution in [0.25, 0.3) is 12.2 Å². The van der Waals surface area contributed by atoms with Gasteiger partial charge in [0.1, 0.15) is 6.20 Å². The lowest BCUT2D eigenvalue weighted by Gasteiger charge is -2.00. The minimum absolute atomic E-state index is 0.0366. The van der Waals surface area contributed by atoms with Crippen LogP contribution >= 0.6 is 0 Å². The first-order valence-electron chi connectivity index (χ1n) is 6.15. The van der Waals surface area contributed by atoms with Gasteiger partial charge in [0, 0.05) is 6.08 Å². The topological polar surface area (TPSA) is 61.0 Å². The molecule has 5 nitrogen and oxygen atoms in total. The second-order valence-electron chi connectivity index (χ2n) is 4.13. The van der Waals surface area contributed by atoms with E-state index in [1.165, 1.54) is 6.20 Å². The first kappa shape index (κ1) is 13.0. The van der Waals surface area contributed by atoms with E-state index < -0.39 is 4.92 Å². The van der Waals surface area contributed by atoms with Crippen molar-refractivity contribution in [2.24, 2.45) is 0 Å². The minimum atomic E-state index is -0.400. The molecule has 1 aromatic carbocycles. The SMILES string of the molecule is CCCn1c([N+](=O)[O-])cnc1C=Cc1ccccc1. The first-order chi connectivity index (χ1) is 9.22. The van der Waals surface area contributed by atoms with Gasteiger partial charge in [-0.3, -0.25) is 0 Å². The van der Waals surface area contributed by atoms with Gasteiger partial charge in [0.15, 0.2) is 0 Å². The van der Waals surface area contributed by atoms with Gasteiger partial charge in [-0.2, -0.15) is 0 Å². The van der Waals surface area contributed by atoms with Crippen LogP contribution in [-0.2, 0) is 6.54 Å². The third-order valence-corrected chi connectivity index (χ3v) is 2.72. The quantitative estimate of drug-likeness (QED) is 0.609. The number of nitrogens with zero attached hydrogens (tertiary/aromatic N) is 3. The molecule has 0 N–H and O–H groups in total. The molecule has 1 heterocycles. The maximum absolute atomic E-state index is 10.9. The predicted molar refractivity (Wildman–Crippen MR) is 74.5 cm³/mol. The van der Waals surface area contributed by atoms with E-state index in [2.05, 4.69) is 4.98 Å². The maximum Gasteiger partial charge on any atom is 0.343 e. The highest BCUT2D eigenvalue weighted by atomic mass is 16.6. The number of aromatic nitrogens is 2. The number of nitro groups is 1. The summed E-state index contributed by atoms with van der Waals surface area (Å²) in [5.74, 6) is 0.645. The molecule has 5 heteroatoms. The fourth-order valence-electron chi connectivity index (χ4n) is 1.85. The largest absolute Gasteiger partial charge is 0.358 e. The maximum atomic E-state index is 10.9. The van der Waals surface area contributed by atoms with Crippen molar-refractivity contribution in [3.05, 3.63) is 58.0 Å². The van der Waals surface area contributed by atoms with Crippen LogP contribution in [0.2, 0.25) is 0 Å². The lowest BCUT2D eigenvalue weighted by molar-refractivity contribution is -0.392. The summed E-state index contributed by atoms with van der Waals surface area (Å²) in [5, 5.41) is 10.9. The zero-order chi connectivity index (χ0) is 13.7. The smallest absolute Gasteiger partial charge is 0.343 e. The summed E-state index contributed by atoms with van der Waals surface area (Å²) in [6.07, 6.45) is 5.83. The van der Waals surface area contributed by atoms with Crippen molar-refractivity contribution in [3.63, 3.8) is 0 Å². The second kappa shape index (κ2) is 5.95. The van der Waals surface area contributed by atoms with Gasteiger partial charge in [-0.25, -0.2) is 9.55 Å². The van der Waals surface area contributed by atoms with Crippen molar-refractivity contribution in [2.45, 2.75) is 19.9 Å². The Morgan fingerprint density at radius 1 is 1.32 bits per heavy atom. The Hall–Kier alpha value is -2.43. The van der Waals surface area contributed by atoms with Gasteiger partial charge >= 0.3 is 5.82 Å². The molecule has 0 bridgehead atoms. The Kier molecular flexibility index (Phi) is 4.07. The lowest BCUT2D eigenvalue weighted by atomic mass is 10.2. The molecule has 0 fully saturated rings. The average Bonchev–Trinajstić information content (AvgIpc) is 2.81. The molecule has 2 aromatic rings. The van der Waals surface area contributed by atoms with E-state index in [0.717, 1.165) is 12.0 Å². The van der Waals surface area contributed by atoms with Gasteiger partial charge in [-0.15, -0.1) is 0 Å². The highest BCUT2D eigenvalue weighted by Crippen LogP contribution is 2.17. The van der Waals surface area contributed by atoms with Gasteiger partial charge < -0.3 is 10.1 Å². The van der Waals surface area contributed by atoms with E-state index in [0.29, 0.717) is 12.4 Å². The van der Waals surface area contributed by atoms with Crippen molar-refractivity contribution < 1.29 is 4.92 Å². The third-order valence-electron chi connectivity index (χ3n) is 2.72. The van der Waals surface area contributed by atoms with Gasteiger partial charge in [-0.1, -0.05) is 37.3 Å². The fraction of sp³-hybridized carbons (Fsp3) is 0.214. The van der Waals surface area contributed by atoms with Gasteiger partial charge in [0.05, 0.1) is 6.54 Å². The standard InChI is InChI=1S/C14H15N3O2/c1-2-10-16-13(15-11-14(16)17(18)19)9-8-12-6-4-3-5-7-12/h3-9,11H,2,10H2,1H3. The van der Waals surface area contributed by atoms with E-state index in [9.17, 15) is 10.1 Å². The molecule has 0 atom stereocenters. The van der Waals surface area contributed by atoms with Crippen LogP contribution in [0.4, 0.5) is 5.82 Å². The predicted octanol–water partition coefficient (Wildman–Crippen LogP) is 3.37. The third kappa shape index (κ3) is 3.07. The van der Waals surface area contributed by atoms with E-state index in [1.807, 2.05) is 43.3 Å². The number of hydrogen-bond acceptors (Lipinski definition) is 3. The molecule has 0 aliphatic heterocycles. The number of imidazole rings is 1. The molecule has 1 aromatic heterocycles. The van der Waals surface area contributed by atoms with E-state index in [1.54, 1.807) is 10.6 Å². The van der Waals surface area contributed by atoms with Gasteiger partial charge in [0.25, 0.3) is 0 Å². The molecule has 0 saturated heterocycles. The number of rotatable bonds is 5. The van der Waals surface area contributed by atoms with Gasteiger partial charge in [0.2, 0.25) is 5.82 Å². The summed E-state index contributed by atoms with van der Waals surface area (Å²) in [6.45, 7) is 2.57. The van der Waals surface area contributed by atoms with E-state index in [4.69, 9.17) is 0 Å². The van der Waals surface area contributed by atoms with Crippen molar-refractivity contribution in [2.75, 3.05) is 0 Å². The highest BCUT2D eigenvalue weighted by Gasteiger charge is 2.17. The van der Waals surface area contributed by atoms with Crippen molar-refractivity contribution in [3.8, 4) is 0 Å². The molecule has 0 amide bonds. The number of benzene rings is 1. The zero-order valence-electron chi connectivity index (χ0n) is 10.7. The highest BCUT2D eigenvalue weighted by molar-refractivity contribution is 5.67. The van der Waals surface area contributed by atoms with Crippen LogP contribution in [0, 0.1) is 10.1 Å². The summed E-state index contributed by atoms with van der Waals surface area (Å²) in [6, 6.07) is 9.78. The van der Waals surface area contributed by atoms with Crippen molar-refractivity contribution >= 4 is 18.0 Å². The average molecular weight is 257 g/mol. The molecular formula is C14H15N3O2. The monoisotopic (exact) mass is 257 g/mol. The molecular weight excluding hydrogens is 242 g/mol. The van der Waals surface area contributed by atoms with Crippen LogP contribution in [-0.4, -0.2) is 14.5 Å². The molecule has 98 valence electrons. The van der Waals surface area contributed by atoms with E-state index in [-0.39, 0.29) is 5.82 Å². The van der Waals surface area contributed by atoms with Crippen LogP contribution in [0.1, 0.15) is 24.7 Å². The van der Waals surface area contributed by atoms with Crippen molar-refractivity contribution in [1.82, 2.24) is 9.55 Å². The normalized spacial score (nSPS) is 11.0. The molecule has 0 aliphatic rings. The van der Waals surface area contributed by atoms with Gasteiger partial charge in [-0.05, 0) is 23.0 Å². The fourth-order valence-corrected chi connectivity index (χ4v) is 1.85. The molecule has 19 heavy (non-hydrogen) atoms. The Balaban J connectivity index is 2.30. The van der Waals surface area contributed by atoms with E-state index >= 15 is 0 Å².